The SMILES string of the molecule is COc1ccccc1CNc1nccc(C(=O)NCc2ccc(C)cc2)n1. The van der Waals surface area contributed by atoms with E-state index in [1.165, 1.54) is 5.56 Å². The lowest BCUT2D eigenvalue weighted by Crippen LogP contribution is -2.24. The molecule has 0 fully saturated rings. The summed E-state index contributed by atoms with van der Waals surface area (Å²) < 4.78 is 5.33. The molecule has 138 valence electrons. The second-order valence-corrected chi connectivity index (χ2v) is 6.10. The van der Waals surface area contributed by atoms with Crippen LogP contribution in [0.4, 0.5) is 5.95 Å². The fourth-order valence-electron chi connectivity index (χ4n) is 2.57. The van der Waals surface area contributed by atoms with Gasteiger partial charge >= 0.3 is 0 Å². The molecule has 27 heavy (non-hydrogen) atoms. The number of carbonyl (C=O) groups excluding carboxylic acids is 1. The second kappa shape index (κ2) is 8.80. The molecular formula is C21H22N4O2. The number of rotatable bonds is 7. The molecule has 1 aromatic heterocycles. The highest BCUT2D eigenvalue weighted by Crippen LogP contribution is 2.18. The van der Waals surface area contributed by atoms with Gasteiger partial charge in [-0.05, 0) is 24.6 Å². The van der Waals surface area contributed by atoms with Gasteiger partial charge < -0.3 is 15.4 Å². The highest BCUT2D eigenvalue weighted by Gasteiger charge is 2.09. The number of aromatic nitrogens is 2. The first-order valence-corrected chi connectivity index (χ1v) is 8.68. The molecule has 1 heterocycles. The molecule has 0 radical (unpaired) electrons. The Morgan fingerprint density at radius 2 is 1.81 bits per heavy atom. The van der Waals surface area contributed by atoms with Crippen molar-refractivity contribution in [2.45, 2.75) is 20.0 Å². The van der Waals surface area contributed by atoms with Crippen molar-refractivity contribution in [2.24, 2.45) is 0 Å². The predicted octanol–water partition coefficient (Wildman–Crippen LogP) is 3.34. The molecule has 6 heteroatoms. The quantitative estimate of drug-likeness (QED) is 0.674. The zero-order valence-electron chi connectivity index (χ0n) is 15.4. The number of ether oxygens (including phenoxy) is 1. The van der Waals surface area contributed by atoms with Crippen LogP contribution in [0, 0.1) is 6.92 Å². The van der Waals surface area contributed by atoms with Crippen LogP contribution in [0.2, 0.25) is 0 Å². The van der Waals surface area contributed by atoms with Gasteiger partial charge in [0.25, 0.3) is 5.91 Å². The molecule has 3 aromatic rings. The van der Waals surface area contributed by atoms with Crippen molar-refractivity contribution < 1.29 is 9.53 Å². The third kappa shape index (κ3) is 5.04. The first-order chi connectivity index (χ1) is 13.2. The van der Waals surface area contributed by atoms with Crippen LogP contribution in [0.3, 0.4) is 0 Å². The Morgan fingerprint density at radius 3 is 2.59 bits per heavy atom. The van der Waals surface area contributed by atoms with Crippen molar-refractivity contribution in [3.8, 4) is 5.75 Å². The van der Waals surface area contributed by atoms with E-state index in [0.29, 0.717) is 24.7 Å². The molecule has 3 rings (SSSR count). The van der Waals surface area contributed by atoms with Crippen LogP contribution in [0.5, 0.6) is 5.75 Å². The van der Waals surface area contributed by atoms with E-state index in [-0.39, 0.29) is 5.91 Å². The van der Waals surface area contributed by atoms with Gasteiger partial charge in [0, 0.05) is 24.8 Å². The first kappa shape index (κ1) is 18.4. The molecular weight excluding hydrogens is 340 g/mol. The molecule has 0 spiro atoms. The average Bonchev–Trinajstić information content (AvgIpc) is 2.72. The number of amides is 1. The van der Waals surface area contributed by atoms with Gasteiger partial charge in [-0.1, -0.05) is 48.0 Å². The van der Waals surface area contributed by atoms with Crippen LogP contribution in [0.15, 0.2) is 60.8 Å². The minimum absolute atomic E-state index is 0.238. The van der Waals surface area contributed by atoms with Crippen LogP contribution >= 0.6 is 0 Å². The van der Waals surface area contributed by atoms with E-state index in [1.54, 1.807) is 19.4 Å². The van der Waals surface area contributed by atoms with Crippen LogP contribution in [-0.2, 0) is 13.1 Å². The third-order valence-corrected chi connectivity index (χ3v) is 4.09. The number of nitrogens with one attached hydrogen (secondary N) is 2. The van der Waals surface area contributed by atoms with Gasteiger partial charge in [0.15, 0.2) is 0 Å². The Bertz CT molecular complexity index is 910. The monoisotopic (exact) mass is 362 g/mol. The molecule has 1 amide bonds. The van der Waals surface area contributed by atoms with E-state index in [1.807, 2.05) is 55.5 Å². The Kier molecular flexibility index (Phi) is 5.99. The van der Waals surface area contributed by atoms with Crippen molar-refractivity contribution in [2.75, 3.05) is 12.4 Å². The molecule has 2 N–H and O–H groups in total. The molecule has 6 nitrogen and oxygen atoms in total. The zero-order valence-corrected chi connectivity index (χ0v) is 15.4. The molecule has 0 saturated heterocycles. The standard InChI is InChI=1S/C21H22N4O2/c1-15-7-9-16(10-8-15)13-23-20(26)18-11-12-22-21(25-18)24-14-17-5-3-4-6-19(17)27-2/h3-12H,13-14H2,1-2H3,(H,23,26)(H,22,24,25). The van der Waals surface area contributed by atoms with Crippen molar-refractivity contribution in [1.29, 1.82) is 0 Å². The van der Waals surface area contributed by atoms with Gasteiger partial charge in [0.1, 0.15) is 11.4 Å². The summed E-state index contributed by atoms with van der Waals surface area (Å²) in [5.41, 5.74) is 3.53. The number of aryl methyl sites for hydroxylation is 1. The average molecular weight is 362 g/mol. The number of methoxy groups -OCH3 is 1. The topological polar surface area (TPSA) is 76.1 Å². The Balaban J connectivity index is 1.60. The predicted molar refractivity (Wildman–Crippen MR) is 105 cm³/mol. The second-order valence-electron chi connectivity index (χ2n) is 6.10. The van der Waals surface area contributed by atoms with Gasteiger partial charge in [0.2, 0.25) is 5.95 Å². The van der Waals surface area contributed by atoms with Crippen LogP contribution in [0.1, 0.15) is 27.2 Å². The maximum atomic E-state index is 12.4. The van der Waals surface area contributed by atoms with E-state index < -0.39 is 0 Å². The lowest BCUT2D eigenvalue weighted by Gasteiger charge is -2.10. The molecule has 0 aliphatic carbocycles. The summed E-state index contributed by atoms with van der Waals surface area (Å²) in [4.78, 5) is 20.8. The maximum absolute atomic E-state index is 12.4. The normalized spacial score (nSPS) is 10.3. The largest absolute Gasteiger partial charge is 0.496 e. The summed E-state index contributed by atoms with van der Waals surface area (Å²) in [6.07, 6.45) is 1.57. The minimum atomic E-state index is -0.238. The summed E-state index contributed by atoms with van der Waals surface area (Å²) in [5.74, 6) is 0.944. The number of hydrogen-bond donors (Lipinski definition) is 2. The van der Waals surface area contributed by atoms with Gasteiger partial charge in [-0.15, -0.1) is 0 Å². The van der Waals surface area contributed by atoms with Gasteiger partial charge in [-0.25, -0.2) is 9.97 Å². The van der Waals surface area contributed by atoms with E-state index in [9.17, 15) is 4.79 Å². The van der Waals surface area contributed by atoms with Crippen LogP contribution < -0.4 is 15.4 Å². The number of hydrogen-bond acceptors (Lipinski definition) is 5. The number of benzene rings is 2. The summed E-state index contributed by atoms with van der Waals surface area (Å²) >= 11 is 0. The molecule has 0 aliphatic rings. The van der Waals surface area contributed by atoms with Crippen molar-refractivity contribution >= 4 is 11.9 Å². The number of carbonyl (C=O) groups is 1. The van der Waals surface area contributed by atoms with E-state index in [0.717, 1.165) is 16.9 Å². The van der Waals surface area contributed by atoms with Gasteiger partial charge in [-0.3, -0.25) is 4.79 Å². The molecule has 0 saturated carbocycles. The minimum Gasteiger partial charge on any atom is -0.496 e. The molecule has 0 unspecified atom stereocenters. The zero-order chi connectivity index (χ0) is 19.1. The molecule has 2 aromatic carbocycles. The molecule has 0 aliphatic heterocycles. The van der Waals surface area contributed by atoms with E-state index >= 15 is 0 Å². The lowest BCUT2D eigenvalue weighted by atomic mass is 10.1. The Hall–Kier alpha value is -3.41. The van der Waals surface area contributed by atoms with Crippen molar-refractivity contribution in [3.63, 3.8) is 0 Å². The summed E-state index contributed by atoms with van der Waals surface area (Å²) in [5, 5.41) is 6.01. The maximum Gasteiger partial charge on any atom is 0.270 e. The van der Waals surface area contributed by atoms with E-state index in [2.05, 4.69) is 20.6 Å². The molecule has 0 bridgehead atoms. The van der Waals surface area contributed by atoms with Crippen molar-refractivity contribution in [3.05, 3.63) is 83.2 Å². The van der Waals surface area contributed by atoms with E-state index in [4.69, 9.17) is 4.74 Å². The van der Waals surface area contributed by atoms with Crippen LogP contribution in [-0.4, -0.2) is 23.0 Å². The highest BCUT2D eigenvalue weighted by atomic mass is 16.5. The number of para-hydroxylation sites is 1. The Labute approximate surface area is 158 Å². The smallest absolute Gasteiger partial charge is 0.270 e. The molecule has 0 atom stereocenters. The summed E-state index contributed by atoms with van der Waals surface area (Å²) in [6, 6.07) is 17.3. The lowest BCUT2D eigenvalue weighted by molar-refractivity contribution is 0.0946. The number of nitrogens with zero attached hydrogens (tertiary/aromatic N) is 2. The highest BCUT2D eigenvalue weighted by molar-refractivity contribution is 5.92. The van der Waals surface area contributed by atoms with Crippen molar-refractivity contribution in [1.82, 2.24) is 15.3 Å². The number of anilines is 1. The summed E-state index contributed by atoms with van der Waals surface area (Å²) in [6.45, 7) is 2.98. The third-order valence-electron chi connectivity index (χ3n) is 4.09. The fraction of sp³-hybridized carbons (Fsp3) is 0.190. The summed E-state index contributed by atoms with van der Waals surface area (Å²) in [7, 11) is 1.63. The Morgan fingerprint density at radius 1 is 1.04 bits per heavy atom. The van der Waals surface area contributed by atoms with Crippen LogP contribution in [0.25, 0.3) is 0 Å². The first-order valence-electron chi connectivity index (χ1n) is 8.68. The van der Waals surface area contributed by atoms with Gasteiger partial charge in [-0.2, -0.15) is 0 Å². The fourth-order valence-corrected chi connectivity index (χ4v) is 2.57. The van der Waals surface area contributed by atoms with Gasteiger partial charge in [0.05, 0.1) is 7.11 Å².